The lowest BCUT2D eigenvalue weighted by atomic mass is 9.93. The smallest absolute Gasteiger partial charge is 0.161 e. The standard InChI is InChI=1S/C14H21NO3/c1-17-13-7-6-10(8-14(13)18-2)12-5-3-4-11(9-16)15-12/h6-8,11-12,15-16H,3-5,9H2,1-2H3. The van der Waals surface area contributed by atoms with E-state index in [-0.39, 0.29) is 18.7 Å². The van der Waals surface area contributed by atoms with Crippen LogP contribution in [0.15, 0.2) is 18.2 Å². The van der Waals surface area contributed by atoms with Crippen molar-refractivity contribution < 1.29 is 14.6 Å². The highest BCUT2D eigenvalue weighted by Gasteiger charge is 2.22. The van der Waals surface area contributed by atoms with Crippen LogP contribution in [0.1, 0.15) is 30.9 Å². The Bertz CT molecular complexity index is 395. The van der Waals surface area contributed by atoms with Gasteiger partial charge in [0.25, 0.3) is 0 Å². The lowest BCUT2D eigenvalue weighted by molar-refractivity contribution is 0.198. The van der Waals surface area contributed by atoms with Gasteiger partial charge in [-0.3, -0.25) is 0 Å². The molecule has 4 heteroatoms. The maximum atomic E-state index is 9.23. The highest BCUT2D eigenvalue weighted by atomic mass is 16.5. The molecule has 0 amide bonds. The number of methoxy groups -OCH3 is 2. The van der Waals surface area contributed by atoms with E-state index in [0.29, 0.717) is 0 Å². The molecule has 0 spiro atoms. The number of piperidine rings is 1. The monoisotopic (exact) mass is 251 g/mol. The summed E-state index contributed by atoms with van der Waals surface area (Å²) >= 11 is 0. The number of aliphatic hydroxyl groups excluding tert-OH is 1. The number of hydrogen-bond acceptors (Lipinski definition) is 4. The quantitative estimate of drug-likeness (QED) is 0.858. The summed E-state index contributed by atoms with van der Waals surface area (Å²) in [5.74, 6) is 1.50. The third kappa shape index (κ3) is 2.76. The Balaban J connectivity index is 2.17. The van der Waals surface area contributed by atoms with Crippen LogP contribution in [0, 0.1) is 0 Å². The van der Waals surface area contributed by atoms with E-state index in [0.717, 1.165) is 30.8 Å². The molecule has 1 saturated heterocycles. The van der Waals surface area contributed by atoms with Gasteiger partial charge in [0, 0.05) is 12.1 Å². The van der Waals surface area contributed by atoms with E-state index in [1.165, 1.54) is 5.56 Å². The Labute approximate surface area is 108 Å². The molecule has 1 heterocycles. The average Bonchev–Trinajstić information content (AvgIpc) is 2.46. The molecule has 2 unspecified atom stereocenters. The van der Waals surface area contributed by atoms with Gasteiger partial charge in [0.1, 0.15) is 0 Å². The van der Waals surface area contributed by atoms with Gasteiger partial charge in [-0.1, -0.05) is 6.07 Å². The van der Waals surface area contributed by atoms with Gasteiger partial charge in [-0.05, 0) is 37.0 Å². The van der Waals surface area contributed by atoms with Crippen LogP contribution in [-0.4, -0.2) is 32.0 Å². The van der Waals surface area contributed by atoms with Crippen molar-refractivity contribution in [3.8, 4) is 11.5 Å². The van der Waals surface area contributed by atoms with E-state index in [1.807, 2.05) is 12.1 Å². The molecular formula is C14H21NO3. The predicted octanol–water partition coefficient (Wildman–Crippen LogP) is 1.88. The van der Waals surface area contributed by atoms with Crippen molar-refractivity contribution in [2.75, 3.05) is 20.8 Å². The minimum absolute atomic E-state index is 0.198. The van der Waals surface area contributed by atoms with Gasteiger partial charge >= 0.3 is 0 Å². The lowest BCUT2D eigenvalue weighted by Gasteiger charge is -2.30. The number of hydrogen-bond donors (Lipinski definition) is 2. The predicted molar refractivity (Wildman–Crippen MR) is 70.1 cm³/mol. The first-order valence-electron chi connectivity index (χ1n) is 6.37. The number of aliphatic hydroxyl groups is 1. The molecule has 1 aromatic carbocycles. The third-order valence-electron chi connectivity index (χ3n) is 3.51. The Kier molecular flexibility index (Phi) is 4.44. The van der Waals surface area contributed by atoms with Crippen LogP contribution in [0.25, 0.3) is 0 Å². The molecule has 1 aromatic rings. The van der Waals surface area contributed by atoms with E-state index in [4.69, 9.17) is 9.47 Å². The number of benzene rings is 1. The fourth-order valence-electron chi connectivity index (χ4n) is 2.50. The van der Waals surface area contributed by atoms with Crippen molar-refractivity contribution >= 4 is 0 Å². The van der Waals surface area contributed by atoms with Crippen molar-refractivity contribution in [3.05, 3.63) is 23.8 Å². The summed E-state index contributed by atoms with van der Waals surface area (Å²) in [6.45, 7) is 0.198. The fraction of sp³-hybridized carbons (Fsp3) is 0.571. The summed E-state index contributed by atoms with van der Waals surface area (Å²) in [5.41, 5.74) is 1.19. The summed E-state index contributed by atoms with van der Waals surface area (Å²) in [7, 11) is 3.28. The van der Waals surface area contributed by atoms with Crippen molar-refractivity contribution in [2.45, 2.75) is 31.3 Å². The first kappa shape index (κ1) is 13.2. The first-order valence-corrected chi connectivity index (χ1v) is 6.37. The van der Waals surface area contributed by atoms with Gasteiger partial charge in [-0.15, -0.1) is 0 Å². The van der Waals surface area contributed by atoms with Gasteiger partial charge in [0.2, 0.25) is 0 Å². The van der Waals surface area contributed by atoms with Crippen molar-refractivity contribution in [1.82, 2.24) is 5.32 Å². The maximum absolute atomic E-state index is 9.23. The molecule has 1 aliphatic rings. The van der Waals surface area contributed by atoms with Crippen LogP contribution >= 0.6 is 0 Å². The summed E-state index contributed by atoms with van der Waals surface area (Å²) in [6.07, 6.45) is 3.27. The minimum atomic E-state index is 0.198. The summed E-state index contributed by atoms with van der Waals surface area (Å²) in [4.78, 5) is 0. The molecule has 0 aliphatic carbocycles. The highest BCUT2D eigenvalue weighted by molar-refractivity contribution is 5.43. The normalized spacial score (nSPS) is 23.7. The van der Waals surface area contributed by atoms with Gasteiger partial charge in [0.15, 0.2) is 11.5 Å². The first-order chi connectivity index (χ1) is 8.78. The van der Waals surface area contributed by atoms with Crippen LogP contribution in [0.4, 0.5) is 0 Å². The van der Waals surface area contributed by atoms with Crippen molar-refractivity contribution in [2.24, 2.45) is 0 Å². The molecule has 0 aromatic heterocycles. The van der Waals surface area contributed by atoms with Gasteiger partial charge in [-0.2, -0.15) is 0 Å². The van der Waals surface area contributed by atoms with Gasteiger partial charge in [0.05, 0.1) is 20.8 Å². The maximum Gasteiger partial charge on any atom is 0.161 e. The molecule has 1 aliphatic heterocycles. The van der Waals surface area contributed by atoms with E-state index < -0.39 is 0 Å². The Morgan fingerprint density at radius 1 is 1.22 bits per heavy atom. The molecule has 2 atom stereocenters. The molecule has 2 N–H and O–H groups in total. The molecule has 4 nitrogen and oxygen atoms in total. The summed E-state index contributed by atoms with van der Waals surface area (Å²) < 4.78 is 10.6. The van der Waals surface area contributed by atoms with Crippen LogP contribution < -0.4 is 14.8 Å². The highest BCUT2D eigenvalue weighted by Crippen LogP contribution is 2.33. The molecule has 2 rings (SSSR count). The second-order valence-electron chi connectivity index (χ2n) is 4.64. The summed E-state index contributed by atoms with van der Waals surface area (Å²) in [5, 5.41) is 12.7. The van der Waals surface area contributed by atoms with Crippen LogP contribution in [0.5, 0.6) is 11.5 Å². The summed E-state index contributed by atoms with van der Waals surface area (Å²) in [6, 6.07) is 6.49. The SMILES string of the molecule is COc1ccc(C2CCCC(CO)N2)cc1OC. The zero-order valence-electron chi connectivity index (χ0n) is 11.0. The van der Waals surface area contributed by atoms with Crippen LogP contribution in [0.2, 0.25) is 0 Å². The molecule has 0 radical (unpaired) electrons. The second-order valence-corrected chi connectivity index (χ2v) is 4.64. The number of rotatable bonds is 4. The fourth-order valence-corrected chi connectivity index (χ4v) is 2.50. The molecule has 18 heavy (non-hydrogen) atoms. The largest absolute Gasteiger partial charge is 0.493 e. The van der Waals surface area contributed by atoms with Crippen LogP contribution in [-0.2, 0) is 0 Å². The topological polar surface area (TPSA) is 50.7 Å². The van der Waals surface area contributed by atoms with E-state index in [1.54, 1.807) is 14.2 Å². The lowest BCUT2D eigenvalue weighted by Crippen LogP contribution is -2.39. The molecule has 100 valence electrons. The van der Waals surface area contributed by atoms with Gasteiger partial charge in [-0.25, -0.2) is 0 Å². The Morgan fingerprint density at radius 3 is 2.67 bits per heavy atom. The van der Waals surface area contributed by atoms with Crippen molar-refractivity contribution in [3.63, 3.8) is 0 Å². The molecular weight excluding hydrogens is 230 g/mol. The van der Waals surface area contributed by atoms with E-state index >= 15 is 0 Å². The molecule has 0 saturated carbocycles. The van der Waals surface area contributed by atoms with E-state index in [9.17, 15) is 5.11 Å². The number of ether oxygens (including phenoxy) is 2. The zero-order chi connectivity index (χ0) is 13.0. The van der Waals surface area contributed by atoms with E-state index in [2.05, 4.69) is 11.4 Å². The zero-order valence-corrected chi connectivity index (χ0v) is 11.0. The second kappa shape index (κ2) is 6.07. The minimum Gasteiger partial charge on any atom is -0.493 e. The molecule has 1 fully saturated rings. The van der Waals surface area contributed by atoms with Crippen LogP contribution in [0.3, 0.4) is 0 Å². The molecule has 0 bridgehead atoms. The van der Waals surface area contributed by atoms with Gasteiger partial charge < -0.3 is 19.9 Å². The average molecular weight is 251 g/mol. The Hall–Kier alpha value is -1.26. The third-order valence-corrected chi connectivity index (χ3v) is 3.51. The number of nitrogens with one attached hydrogen (secondary N) is 1. The Morgan fingerprint density at radius 2 is 2.00 bits per heavy atom. The van der Waals surface area contributed by atoms with Crippen molar-refractivity contribution in [1.29, 1.82) is 0 Å².